The first-order chi connectivity index (χ1) is 14.1. The maximum Gasteiger partial charge on any atom is 0.305 e. The van der Waals surface area contributed by atoms with Crippen molar-refractivity contribution in [3.05, 3.63) is 35.0 Å². The Morgan fingerprint density at radius 3 is 2.76 bits per heavy atom. The van der Waals surface area contributed by atoms with Crippen molar-refractivity contribution in [2.45, 2.75) is 71.6 Å². The van der Waals surface area contributed by atoms with Crippen LogP contribution in [0.5, 0.6) is 0 Å². The molecule has 3 rings (SSSR count). The summed E-state index contributed by atoms with van der Waals surface area (Å²) in [5.41, 5.74) is 5.05. The SMILES string of the molecule is CCOC(=O)CCCCCC(=O)Nc1cc(-c2onc3c2CCCC3)ccc1C. The average molecular weight is 399 g/mol. The van der Waals surface area contributed by atoms with Crippen molar-refractivity contribution in [1.29, 1.82) is 0 Å². The normalized spacial score (nSPS) is 13.0. The number of carbonyl (C=O) groups is 2. The predicted molar refractivity (Wildman–Crippen MR) is 112 cm³/mol. The molecule has 1 amide bonds. The Morgan fingerprint density at radius 2 is 1.93 bits per heavy atom. The Labute approximate surface area is 172 Å². The molecule has 0 saturated carbocycles. The van der Waals surface area contributed by atoms with Gasteiger partial charge in [0.05, 0.1) is 12.3 Å². The zero-order valence-corrected chi connectivity index (χ0v) is 17.4. The summed E-state index contributed by atoms with van der Waals surface area (Å²) in [5.74, 6) is 0.647. The summed E-state index contributed by atoms with van der Waals surface area (Å²) in [5, 5.41) is 7.25. The Kier molecular flexibility index (Phi) is 7.44. The van der Waals surface area contributed by atoms with Crippen LogP contribution in [0.3, 0.4) is 0 Å². The molecule has 0 saturated heterocycles. The van der Waals surface area contributed by atoms with E-state index in [-0.39, 0.29) is 11.9 Å². The number of carbonyl (C=O) groups excluding carboxylic acids is 2. The predicted octanol–water partition coefficient (Wildman–Crippen LogP) is 4.98. The van der Waals surface area contributed by atoms with E-state index in [0.717, 1.165) is 73.2 Å². The van der Waals surface area contributed by atoms with Gasteiger partial charge in [0.2, 0.25) is 5.91 Å². The highest BCUT2D eigenvalue weighted by molar-refractivity contribution is 5.92. The number of benzene rings is 1. The molecule has 0 fully saturated rings. The Bertz CT molecular complexity index is 857. The summed E-state index contributed by atoms with van der Waals surface area (Å²) in [7, 11) is 0. The lowest BCUT2D eigenvalue weighted by molar-refractivity contribution is -0.143. The Balaban J connectivity index is 1.54. The number of aromatic nitrogens is 1. The van der Waals surface area contributed by atoms with Crippen molar-refractivity contribution < 1.29 is 18.8 Å². The fourth-order valence-corrected chi connectivity index (χ4v) is 3.69. The van der Waals surface area contributed by atoms with Gasteiger partial charge in [0, 0.05) is 29.7 Å². The molecule has 156 valence electrons. The van der Waals surface area contributed by atoms with Gasteiger partial charge in [-0.25, -0.2) is 0 Å². The van der Waals surface area contributed by atoms with Crippen LogP contribution in [-0.4, -0.2) is 23.6 Å². The third kappa shape index (κ3) is 5.68. The molecule has 6 nitrogen and oxygen atoms in total. The first-order valence-electron chi connectivity index (χ1n) is 10.6. The van der Waals surface area contributed by atoms with Gasteiger partial charge in [0.1, 0.15) is 0 Å². The van der Waals surface area contributed by atoms with Crippen molar-refractivity contribution in [3.63, 3.8) is 0 Å². The lowest BCUT2D eigenvalue weighted by Gasteiger charge is -2.12. The number of hydrogen-bond acceptors (Lipinski definition) is 5. The molecule has 0 unspecified atom stereocenters. The standard InChI is InChI=1S/C23H30N2O4/c1-3-28-22(27)12-6-4-5-11-21(26)24-20-15-17(14-13-16(20)2)23-18-9-7-8-10-19(18)25-29-23/h13-15H,3-12H2,1-2H3,(H,24,26). The van der Waals surface area contributed by atoms with Gasteiger partial charge in [-0.05, 0) is 64.0 Å². The number of nitrogens with one attached hydrogen (secondary N) is 1. The highest BCUT2D eigenvalue weighted by Crippen LogP contribution is 2.33. The van der Waals surface area contributed by atoms with E-state index >= 15 is 0 Å². The largest absolute Gasteiger partial charge is 0.466 e. The van der Waals surface area contributed by atoms with Crippen LogP contribution in [0, 0.1) is 6.92 Å². The maximum absolute atomic E-state index is 12.4. The second-order valence-corrected chi connectivity index (χ2v) is 7.59. The number of anilines is 1. The van der Waals surface area contributed by atoms with Gasteiger partial charge in [-0.1, -0.05) is 23.7 Å². The van der Waals surface area contributed by atoms with Gasteiger partial charge < -0.3 is 14.6 Å². The van der Waals surface area contributed by atoms with Crippen LogP contribution in [0.1, 0.15) is 68.7 Å². The summed E-state index contributed by atoms with van der Waals surface area (Å²) in [4.78, 5) is 23.7. The fourth-order valence-electron chi connectivity index (χ4n) is 3.69. The van der Waals surface area contributed by atoms with E-state index in [2.05, 4.69) is 10.5 Å². The number of unbranched alkanes of at least 4 members (excludes halogenated alkanes) is 2. The molecule has 0 spiro atoms. The number of nitrogens with zero attached hydrogens (tertiary/aromatic N) is 1. The van der Waals surface area contributed by atoms with Crippen LogP contribution in [0.4, 0.5) is 5.69 Å². The van der Waals surface area contributed by atoms with Crippen molar-refractivity contribution in [1.82, 2.24) is 5.16 Å². The van der Waals surface area contributed by atoms with Crippen molar-refractivity contribution in [3.8, 4) is 11.3 Å². The van der Waals surface area contributed by atoms with E-state index in [1.165, 1.54) is 5.56 Å². The van der Waals surface area contributed by atoms with E-state index < -0.39 is 0 Å². The summed E-state index contributed by atoms with van der Waals surface area (Å²) >= 11 is 0. The van der Waals surface area contributed by atoms with Crippen LogP contribution >= 0.6 is 0 Å². The molecule has 1 N–H and O–H groups in total. The molecule has 0 bridgehead atoms. The van der Waals surface area contributed by atoms with E-state index in [9.17, 15) is 9.59 Å². The summed E-state index contributed by atoms with van der Waals surface area (Å²) in [6.45, 7) is 4.20. The van der Waals surface area contributed by atoms with Crippen LogP contribution in [-0.2, 0) is 27.2 Å². The Morgan fingerprint density at radius 1 is 1.14 bits per heavy atom. The summed E-state index contributed by atoms with van der Waals surface area (Å²) in [6.07, 6.45) is 7.47. The third-order valence-electron chi connectivity index (χ3n) is 5.32. The molecule has 0 atom stereocenters. The minimum absolute atomic E-state index is 0.0130. The second-order valence-electron chi connectivity index (χ2n) is 7.59. The zero-order valence-electron chi connectivity index (χ0n) is 17.4. The number of esters is 1. The van der Waals surface area contributed by atoms with Crippen molar-refractivity contribution >= 4 is 17.6 Å². The van der Waals surface area contributed by atoms with Gasteiger partial charge in [0.25, 0.3) is 0 Å². The molecular formula is C23H30N2O4. The number of aryl methyl sites for hydroxylation is 2. The van der Waals surface area contributed by atoms with Gasteiger partial charge in [-0.15, -0.1) is 0 Å². The van der Waals surface area contributed by atoms with Crippen LogP contribution in [0.25, 0.3) is 11.3 Å². The molecule has 0 aliphatic heterocycles. The van der Waals surface area contributed by atoms with Crippen LogP contribution in [0.15, 0.2) is 22.7 Å². The fraction of sp³-hybridized carbons (Fsp3) is 0.522. The summed E-state index contributed by atoms with van der Waals surface area (Å²) in [6, 6.07) is 6.00. The molecule has 0 radical (unpaired) electrons. The Hall–Kier alpha value is -2.63. The highest BCUT2D eigenvalue weighted by atomic mass is 16.5. The quantitative estimate of drug-likeness (QED) is 0.476. The molecule has 1 aliphatic carbocycles. The molecule has 1 aliphatic rings. The molecule has 6 heteroatoms. The molecular weight excluding hydrogens is 368 g/mol. The van der Waals surface area contributed by atoms with Crippen molar-refractivity contribution in [2.75, 3.05) is 11.9 Å². The van der Waals surface area contributed by atoms with E-state index in [1.807, 2.05) is 25.1 Å². The van der Waals surface area contributed by atoms with E-state index in [0.29, 0.717) is 19.4 Å². The third-order valence-corrected chi connectivity index (χ3v) is 5.32. The second kappa shape index (κ2) is 10.2. The smallest absolute Gasteiger partial charge is 0.305 e. The van der Waals surface area contributed by atoms with E-state index in [4.69, 9.17) is 9.26 Å². The summed E-state index contributed by atoms with van der Waals surface area (Å²) < 4.78 is 10.5. The molecule has 29 heavy (non-hydrogen) atoms. The van der Waals surface area contributed by atoms with Gasteiger partial charge in [-0.2, -0.15) is 0 Å². The van der Waals surface area contributed by atoms with E-state index in [1.54, 1.807) is 6.92 Å². The first-order valence-corrected chi connectivity index (χ1v) is 10.6. The number of hydrogen-bond donors (Lipinski definition) is 1. The number of amides is 1. The first kappa shape index (κ1) is 21.1. The van der Waals surface area contributed by atoms with Crippen LogP contribution < -0.4 is 5.32 Å². The number of fused-ring (bicyclic) bond motifs is 1. The van der Waals surface area contributed by atoms with Gasteiger partial charge >= 0.3 is 5.97 Å². The maximum atomic E-state index is 12.4. The minimum atomic E-state index is -0.168. The van der Waals surface area contributed by atoms with Gasteiger partial charge in [0.15, 0.2) is 5.76 Å². The molecule has 1 aromatic carbocycles. The average Bonchev–Trinajstić information content (AvgIpc) is 3.14. The topological polar surface area (TPSA) is 81.4 Å². The van der Waals surface area contributed by atoms with Gasteiger partial charge in [-0.3, -0.25) is 9.59 Å². The lowest BCUT2D eigenvalue weighted by atomic mass is 9.93. The molecule has 2 aromatic rings. The van der Waals surface area contributed by atoms with Crippen LogP contribution in [0.2, 0.25) is 0 Å². The number of ether oxygens (including phenoxy) is 1. The molecule has 1 heterocycles. The van der Waals surface area contributed by atoms with Crippen molar-refractivity contribution in [2.24, 2.45) is 0 Å². The highest BCUT2D eigenvalue weighted by Gasteiger charge is 2.21. The minimum Gasteiger partial charge on any atom is -0.466 e. The number of rotatable bonds is 9. The zero-order chi connectivity index (χ0) is 20.6. The molecule has 1 aromatic heterocycles. The monoisotopic (exact) mass is 398 g/mol. The lowest BCUT2D eigenvalue weighted by Crippen LogP contribution is -2.12.